The van der Waals surface area contributed by atoms with E-state index >= 15 is 0 Å². The molecule has 1 aliphatic rings. The Balaban J connectivity index is 1.54. The Hall–Kier alpha value is -4.23. The minimum Gasteiger partial charge on any atom is -0.465 e. The van der Waals surface area contributed by atoms with Crippen LogP contribution in [0.2, 0.25) is 5.15 Å². The number of amides is 1. The van der Waals surface area contributed by atoms with Crippen molar-refractivity contribution >= 4 is 23.3 Å². The molecule has 6 rings (SSSR count). The van der Waals surface area contributed by atoms with E-state index in [2.05, 4.69) is 10.4 Å². The number of hydrogen-bond donors (Lipinski definition) is 2. The van der Waals surface area contributed by atoms with E-state index in [0.717, 1.165) is 52.8 Å². The molecule has 1 aliphatic carbocycles. The molecule has 0 spiro atoms. The topological polar surface area (TPSA) is 79.5 Å². The molecule has 0 aliphatic heterocycles. The maximum Gasteiger partial charge on any atom is 0.405 e. The molecule has 1 amide bonds. The van der Waals surface area contributed by atoms with Crippen molar-refractivity contribution in [3.63, 3.8) is 0 Å². The molecule has 0 atom stereocenters. The Morgan fingerprint density at radius 3 is 2.24 bits per heavy atom. The SMILES string of the molecule is O=C(O)NC1(c2ccc(-c3nc4c(-c5ccc(F)cc5)cc(Cl)nn4c3-c3ccccc3)cc2)CCC1. The summed E-state index contributed by atoms with van der Waals surface area (Å²) >= 11 is 6.47. The van der Waals surface area contributed by atoms with Crippen LogP contribution in [0.4, 0.5) is 9.18 Å². The molecule has 8 heteroatoms. The first-order valence-corrected chi connectivity index (χ1v) is 12.3. The third-order valence-corrected chi connectivity index (χ3v) is 7.21. The molecule has 5 aromatic rings. The van der Waals surface area contributed by atoms with Crippen molar-refractivity contribution < 1.29 is 14.3 Å². The van der Waals surface area contributed by atoms with E-state index in [1.807, 2.05) is 54.6 Å². The highest BCUT2D eigenvalue weighted by atomic mass is 35.5. The first kappa shape index (κ1) is 23.2. The van der Waals surface area contributed by atoms with Gasteiger partial charge in [0.2, 0.25) is 0 Å². The summed E-state index contributed by atoms with van der Waals surface area (Å²) in [6, 6.07) is 25.6. The number of hydrogen-bond acceptors (Lipinski definition) is 3. The summed E-state index contributed by atoms with van der Waals surface area (Å²) in [5, 5.41) is 16.9. The number of nitrogens with one attached hydrogen (secondary N) is 1. The lowest BCUT2D eigenvalue weighted by atomic mass is 9.72. The number of fused-ring (bicyclic) bond motifs is 1. The zero-order valence-electron chi connectivity index (χ0n) is 19.7. The second kappa shape index (κ2) is 9.01. The van der Waals surface area contributed by atoms with Crippen LogP contribution in [0.3, 0.4) is 0 Å². The molecule has 2 aromatic heterocycles. The Morgan fingerprint density at radius 2 is 1.62 bits per heavy atom. The normalized spacial score (nSPS) is 14.3. The van der Waals surface area contributed by atoms with E-state index < -0.39 is 11.6 Å². The van der Waals surface area contributed by atoms with E-state index in [-0.39, 0.29) is 11.0 Å². The van der Waals surface area contributed by atoms with Crippen LogP contribution in [0.15, 0.2) is 84.9 Å². The first-order chi connectivity index (χ1) is 17.9. The fraction of sp³-hybridized carbons (Fsp3) is 0.138. The largest absolute Gasteiger partial charge is 0.465 e. The van der Waals surface area contributed by atoms with Crippen molar-refractivity contribution in [1.29, 1.82) is 0 Å². The smallest absolute Gasteiger partial charge is 0.405 e. The number of nitrogens with zero attached hydrogens (tertiary/aromatic N) is 3. The maximum atomic E-state index is 13.6. The minimum absolute atomic E-state index is 0.287. The van der Waals surface area contributed by atoms with Crippen LogP contribution >= 0.6 is 11.6 Å². The van der Waals surface area contributed by atoms with E-state index in [0.29, 0.717) is 11.3 Å². The molecule has 37 heavy (non-hydrogen) atoms. The average Bonchev–Trinajstić information content (AvgIpc) is 3.26. The van der Waals surface area contributed by atoms with E-state index in [1.165, 1.54) is 12.1 Å². The highest BCUT2D eigenvalue weighted by Gasteiger charge is 2.40. The fourth-order valence-electron chi connectivity index (χ4n) is 5.06. The molecular formula is C29H22ClFN4O2. The van der Waals surface area contributed by atoms with Crippen LogP contribution in [0.5, 0.6) is 0 Å². The molecule has 2 N–H and O–H groups in total. The zero-order chi connectivity index (χ0) is 25.6. The van der Waals surface area contributed by atoms with Gasteiger partial charge in [-0.3, -0.25) is 0 Å². The summed E-state index contributed by atoms with van der Waals surface area (Å²) in [5.74, 6) is -0.323. The average molecular weight is 513 g/mol. The Labute approximate surface area is 217 Å². The predicted octanol–water partition coefficient (Wildman–Crippen LogP) is 7.17. The van der Waals surface area contributed by atoms with E-state index in [1.54, 1.807) is 22.7 Å². The van der Waals surface area contributed by atoms with Crippen molar-refractivity contribution in [2.24, 2.45) is 0 Å². The van der Waals surface area contributed by atoms with Gasteiger partial charge in [0, 0.05) is 16.7 Å². The van der Waals surface area contributed by atoms with Gasteiger partial charge in [-0.2, -0.15) is 5.10 Å². The van der Waals surface area contributed by atoms with Crippen molar-refractivity contribution in [3.8, 4) is 33.6 Å². The molecule has 0 bridgehead atoms. The summed E-state index contributed by atoms with van der Waals surface area (Å²) in [6.07, 6.45) is 1.50. The lowest BCUT2D eigenvalue weighted by Crippen LogP contribution is -2.50. The van der Waals surface area contributed by atoms with Gasteiger partial charge in [0.25, 0.3) is 0 Å². The number of aromatic nitrogens is 3. The van der Waals surface area contributed by atoms with Crippen LogP contribution in [0.25, 0.3) is 39.3 Å². The number of halogens is 2. The molecule has 0 saturated heterocycles. The summed E-state index contributed by atoms with van der Waals surface area (Å²) in [5.41, 5.74) is 5.75. The van der Waals surface area contributed by atoms with Crippen LogP contribution < -0.4 is 5.32 Å². The zero-order valence-corrected chi connectivity index (χ0v) is 20.4. The van der Waals surface area contributed by atoms with Crippen molar-refractivity contribution in [1.82, 2.24) is 19.9 Å². The Bertz CT molecular complexity index is 1610. The third-order valence-electron chi connectivity index (χ3n) is 7.02. The molecule has 2 heterocycles. The monoisotopic (exact) mass is 512 g/mol. The number of imidazole rings is 1. The molecule has 1 fully saturated rings. The molecule has 0 radical (unpaired) electrons. The number of benzene rings is 3. The van der Waals surface area contributed by atoms with E-state index in [9.17, 15) is 14.3 Å². The van der Waals surface area contributed by atoms with Gasteiger partial charge < -0.3 is 10.4 Å². The third kappa shape index (κ3) is 4.11. The minimum atomic E-state index is -1.02. The first-order valence-electron chi connectivity index (χ1n) is 12.0. The van der Waals surface area contributed by atoms with Crippen LogP contribution in [0.1, 0.15) is 24.8 Å². The molecule has 6 nitrogen and oxygen atoms in total. The lowest BCUT2D eigenvalue weighted by molar-refractivity contribution is 0.144. The van der Waals surface area contributed by atoms with Gasteiger partial charge in [-0.25, -0.2) is 18.7 Å². The second-order valence-corrected chi connectivity index (χ2v) is 9.63. The lowest BCUT2D eigenvalue weighted by Gasteiger charge is -2.42. The second-order valence-electron chi connectivity index (χ2n) is 9.24. The molecule has 3 aromatic carbocycles. The van der Waals surface area contributed by atoms with Crippen molar-refractivity contribution in [3.05, 3.63) is 101 Å². The Morgan fingerprint density at radius 1 is 0.946 bits per heavy atom. The van der Waals surface area contributed by atoms with Crippen LogP contribution in [-0.4, -0.2) is 25.8 Å². The maximum absolute atomic E-state index is 13.6. The molecule has 0 unspecified atom stereocenters. The number of carboxylic acid groups (broad SMARTS) is 1. The van der Waals surface area contributed by atoms with E-state index in [4.69, 9.17) is 16.6 Å². The van der Waals surface area contributed by atoms with Gasteiger partial charge >= 0.3 is 6.09 Å². The predicted molar refractivity (Wildman–Crippen MR) is 141 cm³/mol. The standard InChI is InChI=1S/C29H22ClFN4O2/c30-24-17-23(18-9-13-22(31)14-10-18)27-32-25(26(35(27)34-24)20-5-2-1-3-6-20)19-7-11-21(12-8-19)29(15-4-16-29)33-28(36)37/h1-3,5-14,17,33H,4,15-16H2,(H,36,37). The summed E-state index contributed by atoms with van der Waals surface area (Å²) < 4.78 is 15.4. The summed E-state index contributed by atoms with van der Waals surface area (Å²) in [6.45, 7) is 0. The highest BCUT2D eigenvalue weighted by Crippen LogP contribution is 2.42. The van der Waals surface area contributed by atoms with Gasteiger partial charge in [-0.1, -0.05) is 78.3 Å². The van der Waals surface area contributed by atoms with Crippen molar-refractivity contribution in [2.45, 2.75) is 24.8 Å². The Kier molecular flexibility index (Phi) is 5.65. The quantitative estimate of drug-likeness (QED) is 0.261. The van der Waals surface area contributed by atoms with Gasteiger partial charge in [0.15, 0.2) is 10.8 Å². The van der Waals surface area contributed by atoms with Gasteiger partial charge in [0.05, 0.1) is 11.2 Å². The molecule has 184 valence electrons. The van der Waals surface area contributed by atoms with Crippen molar-refractivity contribution in [2.75, 3.05) is 0 Å². The number of carbonyl (C=O) groups is 1. The van der Waals surface area contributed by atoms with Crippen LogP contribution in [-0.2, 0) is 5.54 Å². The highest BCUT2D eigenvalue weighted by molar-refractivity contribution is 6.29. The molecule has 1 saturated carbocycles. The summed E-state index contributed by atoms with van der Waals surface area (Å²) in [4.78, 5) is 16.4. The molecular weight excluding hydrogens is 491 g/mol. The van der Waals surface area contributed by atoms with Gasteiger partial charge in [-0.05, 0) is 48.6 Å². The summed E-state index contributed by atoms with van der Waals surface area (Å²) in [7, 11) is 0. The fourth-order valence-corrected chi connectivity index (χ4v) is 5.24. The number of rotatable bonds is 5. The van der Waals surface area contributed by atoms with Gasteiger partial charge in [0.1, 0.15) is 11.5 Å². The van der Waals surface area contributed by atoms with Crippen LogP contribution in [0, 0.1) is 5.82 Å². The van der Waals surface area contributed by atoms with Gasteiger partial charge in [-0.15, -0.1) is 0 Å².